The van der Waals surface area contributed by atoms with Gasteiger partial charge < -0.3 is 14.6 Å². The van der Waals surface area contributed by atoms with Gasteiger partial charge in [-0.15, -0.1) is 0 Å². The number of para-hydroxylation sites is 2. The summed E-state index contributed by atoms with van der Waals surface area (Å²) >= 11 is 0. The first-order valence-corrected chi connectivity index (χ1v) is 9.32. The summed E-state index contributed by atoms with van der Waals surface area (Å²) in [5, 5.41) is 4.10. The summed E-state index contributed by atoms with van der Waals surface area (Å²) < 4.78 is 10.0. The molecule has 2 aromatic heterocycles. The van der Waals surface area contributed by atoms with E-state index >= 15 is 0 Å². The third-order valence-electron chi connectivity index (χ3n) is 5.65. The van der Waals surface area contributed by atoms with Crippen LogP contribution in [0.4, 0.5) is 5.69 Å². The molecule has 3 heterocycles. The van der Waals surface area contributed by atoms with Crippen LogP contribution in [0.3, 0.4) is 0 Å². The SMILES string of the molecule is COc1ccc([C@@H]2Nc3ccccc3-n3cc4c(=O)n(C)c(=O)n(C)c4c32)cc1. The highest BCUT2D eigenvalue weighted by Crippen LogP contribution is 2.40. The molecule has 29 heavy (non-hydrogen) atoms. The van der Waals surface area contributed by atoms with E-state index in [1.807, 2.05) is 59.3 Å². The molecule has 2 aromatic carbocycles. The number of anilines is 1. The van der Waals surface area contributed by atoms with Crippen molar-refractivity contribution in [3.8, 4) is 11.4 Å². The molecular weight excluding hydrogens is 368 g/mol. The molecule has 1 N–H and O–H groups in total. The van der Waals surface area contributed by atoms with Gasteiger partial charge in [-0.1, -0.05) is 24.3 Å². The topological polar surface area (TPSA) is 70.2 Å². The number of methoxy groups -OCH3 is 1. The second-order valence-corrected chi connectivity index (χ2v) is 7.22. The Bertz CT molecular complexity index is 1380. The number of nitrogens with zero attached hydrogens (tertiary/aromatic N) is 3. The van der Waals surface area contributed by atoms with Crippen LogP contribution < -0.4 is 21.3 Å². The molecule has 1 aliphatic rings. The van der Waals surface area contributed by atoms with Gasteiger partial charge in [-0.3, -0.25) is 13.9 Å². The third-order valence-corrected chi connectivity index (χ3v) is 5.65. The molecule has 4 aromatic rings. The van der Waals surface area contributed by atoms with Crippen LogP contribution in [0.1, 0.15) is 17.3 Å². The lowest BCUT2D eigenvalue weighted by Gasteiger charge is -2.30. The first-order valence-electron chi connectivity index (χ1n) is 9.32. The van der Waals surface area contributed by atoms with E-state index < -0.39 is 0 Å². The van der Waals surface area contributed by atoms with Gasteiger partial charge in [-0.2, -0.15) is 0 Å². The molecule has 7 nitrogen and oxygen atoms in total. The molecule has 0 spiro atoms. The summed E-state index contributed by atoms with van der Waals surface area (Å²) in [6.45, 7) is 0. The van der Waals surface area contributed by atoms with Gasteiger partial charge in [0.2, 0.25) is 0 Å². The van der Waals surface area contributed by atoms with Crippen molar-refractivity contribution in [2.24, 2.45) is 14.1 Å². The number of ether oxygens (including phenoxy) is 1. The lowest BCUT2D eigenvalue weighted by atomic mass is 9.99. The minimum atomic E-state index is -0.344. The van der Waals surface area contributed by atoms with Gasteiger partial charge in [0.15, 0.2) is 0 Å². The predicted octanol–water partition coefficient (Wildman–Crippen LogP) is 2.55. The number of nitrogens with one attached hydrogen (secondary N) is 1. The van der Waals surface area contributed by atoms with E-state index in [1.54, 1.807) is 18.7 Å². The summed E-state index contributed by atoms with van der Waals surface area (Å²) in [5.74, 6) is 0.770. The monoisotopic (exact) mass is 388 g/mol. The first-order chi connectivity index (χ1) is 14.0. The Morgan fingerprint density at radius 1 is 0.966 bits per heavy atom. The normalized spacial score (nSPS) is 14.9. The van der Waals surface area contributed by atoms with Gasteiger partial charge >= 0.3 is 5.69 Å². The fourth-order valence-corrected chi connectivity index (χ4v) is 4.15. The van der Waals surface area contributed by atoms with Crippen LogP contribution in [-0.4, -0.2) is 20.8 Å². The van der Waals surface area contributed by atoms with Gasteiger partial charge in [0, 0.05) is 20.3 Å². The van der Waals surface area contributed by atoms with Crippen molar-refractivity contribution < 1.29 is 4.74 Å². The van der Waals surface area contributed by atoms with Crippen molar-refractivity contribution in [2.75, 3.05) is 12.4 Å². The van der Waals surface area contributed by atoms with Gasteiger partial charge in [-0.05, 0) is 29.8 Å². The van der Waals surface area contributed by atoms with E-state index in [9.17, 15) is 9.59 Å². The lowest BCUT2D eigenvalue weighted by Crippen LogP contribution is -2.37. The van der Waals surface area contributed by atoms with E-state index in [0.717, 1.165) is 32.9 Å². The van der Waals surface area contributed by atoms with Crippen molar-refractivity contribution in [3.63, 3.8) is 0 Å². The van der Waals surface area contributed by atoms with Crippen LogP contribution in [0.5, 0.6) is 5.75 Å². The van der Waals surface area contributed by atoms with E-state index in [2.05, 4.69) is 5.32 Å². The van der Waals surface area contributed by atoms with Crippen LogP contribution in [-0.2, 0) is 14.1 Å². The Balaban J connectivity index is 1.88. The number of hydrogen-bond acceptors (Lipinski definition) is 4. The zero-order valence-corrected chi connectivity index (χ0v) is 16.3. The van der Waals surface area contributed by atoms with E-state index in [0.29, 0.717) is 10.9 Å². The predicted molar refractivity (Wildman–Crippen MR) is 112 cm³/mol. The van der Waals surface area contributed by atoms with Crippen LogP contribution in [0.25, 0.3) is 16.6 Å². The maximum atomic E-state index is 12.9. The lowest BCUT2D eigenvalue weighted by molar-refractivity contribution is 0.414. The van der Waals surface area contributed by atoms with Crippen LogP contribution in [0.15, 0.2) is 64.3 Å². The van der Waals surface area contributed by atoms with Gasteiger partial charge in [0.05, 0.1) is 41.1 Å². The number of hydrogen-bond donors (Lipinski definition) is 1. The highest BCUT2D eigenvalue weighted by Gasteiger charge is 2.30. The molecule has 0 unspecified atom stereocenters. The Hall–Kier alpha value is -3.74. The van der Waals surface area contributed by atoms with Crippen LogP contribution in [0, 0.1) is 0 Å². The maximum Gasteiger partial charge on any atom is 0.331 e. The highest BCUT2D eigenvalue weighted by molar-refractivity contribution is 5.86. The second-order valence-electron chi connectivity index (χ2n) is 7.22. The Labute approximate surface area is 166 Å². The zero-order valence-electron chi connectivity index (χ0n) is 16.3. The molecule has 0 saturated heterocycles. The van der Waals surface area contributed by atoms with Crippen molar-refractivity contribution >= 4 is 16.6 Å². The molecule has 0 fully saturated rings. The first kappa shape index (κ1) is 17.4. The van der Waals surface area contributed by atoms with E-state index in [1.165, 1.54) is 7.05 Å². The summed E-state index contributed by atoms with van der Waals surface area (Å²) in [7, 11) is 4.85. The Morgan fingerprint density at radius 3 is 2.41 bits per heavy atom. The number of aryl methyl sites for hydroxylation is 1. The van der Waals surface area contributed by atoms with Gasteiger partial charge in [-0.25, -0.2) is 4.79 Å². The van der Waals surface area contributed by atoms with Crippen molar-refractivity contribution in [2.45, 2.75) is 6.04 Å². The molecule has 146 valence electrons. The average molecular weight is 388 g/mol. The standard InChI is InChI=1S/C22H20N4O3/c1-24-19-15(21(27)25(2)22(24)28)12-26-17-7-5-4-6-16(17)23-18(20(19)26)13-8-10-14(29-3)11-9-13/h4-12,18,23H,1-3H3/t18-/m0/s1. The molecular formula is C22H20N4O3. The van der Waals surface area contributed by atoms with Crippen LogP contribution >= 0.6 is 0 Å². The maximum absolute atomic E-state index is 12.9. The number of fused-ring (bicyclic) bond motifs is 5. The summed E-state index contributed by atoms with van der Waals surface area (Å²) in [5.41, 5.74) is 3.78. The number of benzene rings is 2. The zero-order chi connectivity index (χ0) is 20.3. The van der Waals surface area contributed by atoms with Crippen molar-refractivity contribution in [1.82, 2.24) is 13.7 Å². The molecule has 0 amide bonds. The summed E-state index contributed by atoms with van der Waals surface area (Å²) in [6, 6.07) is 15.5. The molecule has 0 saturated carbocycles. The minimum Gasteiger partial charge on any atom is -0.497 e. The van der Waals surface area contributed by atoms with Crippen molar-refractivity contribution in [3.05, 3.63) is 86.8 Å². The Morgan fingerprint density at radius 2 is 1.69 bits per heavy atom. The Kier molecular flexibility index (Phi) is 3.67. The van der Waals surface area contributed by atoms with Gasteiger partial charge in [0.25, 0.3) is 5.56 Å². The summed E-state index contributed by atoms with van der Waals surface area (Å²) in [6.07, 6.45) is 1.84. The molecule has 0 bridgehead atoms. The molecule has 7 heteroatoms. The van der Waals surface area contributed by atoms with Gasteiger partial charge in [0.1, 0.15) is 5.75 Å². The van der Waals surface area contributed by atoms with Crippen LogP contribution in [0.2, 0.25) is 0 Å². The molecule has 0 aliphatic carbocycles. The largest absolute Gasteiger partial charge is 0.497 e. The fourth-order valence-electron chi connectivity index (χ4n) is 4.15. The van der Waals surface area contributed by atoms with E-state index in [4.69, 9.17) is 4.74 Å². The highest BCUT2D eigenvalue weighted by atomic mass is 16.5. The molecule has 1 aliphatic heterocycles. The second kappa shape index (κ2) is 6.13. The smallest absolute Gasteiger partial charge is 0.331 e. The molecule has 0 radical (unpaired) electrons. The number of aromatic nitrogens is 3. The molecule has 1 atom stereocenters. The quantitative estimate of drug-likeness (QED) is 0.573. The van der Waals surface area contributed by atoms with Crippen molar-refractivity contribution in [1.29, 1.82) is 0 Å². The number of rotatable bonds is 2. The summed E-state index contributed by atoms with van der Waals surface area (Å²) in [4.78, 5) is 25.5. The molecule has 5 rings (SSSR count). The van der Waals surface area contributed by atoms with E-state index in [-0.39, 0.29) is 17.3 Å². The third kappa shape index (κ3) is 2.37. The minimum absolute atomic E-state index is 0.231. The average Bonchev–Trinajstić information content (AvgIpc) is 3.17. The fraction of sp³-hybridized carbons (Fsp3) is 0.182.